The Bertz CT molecular complexity index is 703. The fourth-order valence-corrected chi connectivity index (χ4v) is 3.55. The average Bonchev–Trinajstić information content (AvgIpc) is 2.65. The van der Waals surface area contributed by atoms with Gasteiger partial charge in [0.25, 0.3) is 0 Å². The molecule has 2 unspecified atom stereocenters. The first-order chi connectivity index (χ1) is 12.2. The minimum atomic E-state index is -0.544. The van der Waals surface area contributed by atoms with Crippen LogP contribution in [-0.4, -0.2) is 47.3 Å². The van der Waals surface area contributed by atoms with Crippen molar-refractivity contribution in [1.29, 1.82) is 0 Å². The second-order valence-electron chi connectivity index (χ2n) is 6.33. The van der Waals surface area contributed by atoms with Crippen LogP contribution in [0.4, 0.5) is 0 Å². The summed E-state index contributed by atoms with van der Waals surface area (Å²) >= 11 is 6.07. The van der Waals surface area contributed by atoms with Crippen LogP contribution in [0.15, 0.2) is 54.6 Å². The number of hydrogen-bond donors (Lipinski definition) is 1. The van der Waals surface area contributed by atoms with Gasteiger partial charge in [-0.3, -0.25) is 9.80 Å². The lowest BCUT2D eigenvalue weighted by Crippen LogP contribution is -2.51. The van der Waals surface area contributed by atoms with Crippen LogP contribution in [0.5, 0.6) is 0 Å². The molecule has 2 aromatic carbocycles. The van der Waals surface area contributed by atoms with Gasteiger partial charge in [-0.1, -0.05) is 54.1 Å². The van der Waals surface area contributed by atoms with Crippen LogP contribution in [0, 0.1) is 12.3 Å². The first kappa shape index (κ1) is 18.0. The van der Waals surface area contributed by atoms with Crippen molar-refractivity contribution in [3.63, 3.8) is 0 Å². The molecule has 2 aromatic rings. The molecule has 0 bridgehead atoms. The molecule has 2 atom stereocenters. The summed E-state index contributed by atoms with van der Waals surface area (Å²) in [5.74, 6) is 2.54. The lowest BCUT2D eigenvalue weighted by Gasteiger charge is -2.41. The van der Waals surface area contributed by atoms with Crippen LogP contribution in [0.25, 0.3) is 0 Å². The highest BCUT2D eigenvalue weighted by molar-refractivity contribution is 6.30. The van der Waals surface area contributed by atoms with Gasteiger partial charge in [-0.2, -0.15) is 0 Å². The van der Waals surface area contributed by atoms with Crippen molar-refractivity contribution in [2.45, 2.75) is 18.7 Å². The van der Waals surface area contributed by atoms with E-state index in [-0.39, 0.29) is 6.04 Å². The molecule has 1 aliphatic heterocycles. The monoisotopic (exact) mass is 354 g/mol. The van der Waals surface area contributed by atoms with E-state index in [1.165, 1.54) is 11.1 Å². The Morgan fingerprint density at radius 2 is 1.48 bits per heavy atom. The molecule has 4 heteroatoms. The summed E-state index contributed by atoms with van der Waals surface area (Å²) in [5, 5.41) is 10.9. The third-order valence-corrected chi connectivity index (χ3v) is 4.99. The summed E-state index contributed by atoms with van der Waals surface area (Å²) in [6.45, 7) is 3.37. The topological polar surface area (TPSA) is 26.7 Å². The number of aliphatic hydroxyl groups is 1. The lowest BCUT2D eigenvalue weighted by molar-refractivity contribution is -0.0264. The van der Waals surface area contributed by atoms with Gasteiger partial charge < -0.3 is 5.11 Å². The van der Waals surface area contributed by atoms with Crippen molar-refractivity contribution in [3.05, 3.63) is 70.7 Å². The smallest absolute Gasteiger partial charge is 0.118 e. The molecule has 1 aliphatic rings. The number of nitrogens with zero attached hydrogens (tertiary/aromatic N) is 2. The SMILES string of the molecule is C#CCC(O)N1CCN(C(c2ccccc2)c2ccc(Cl)cc2)CC1. The third-order valence-electron chi connectivity index (χ3n) is 4.74. The molecule has 1 N–H and O–H groups in total. The minimum absolute atomic E-state index is 0.186. The summed E-state index contributed by atoms with van der Waals surface area (Å²) in [7, 11) is 0. The first-order valence-electron chi connectivity index (χ1n) is 8.59. The van der Waals surface area contributed by atoms with Gasteiger partial charge in [0.2, 0.25) is 0 Å². The van der Waals surface area contributed by atoms with E-state index < -0.39 is 6.23 Å². The van der Waals surface area contributed by atoms with Gasteiger partial charge in [0.05, 0.1) is 6.04 Å². The van der Waals surface area contributed by atoms with Gasteiger partial charge in [0.1, 0.15) is 6.23 Å². The number of halogens is 1. The van der Waals surface area contributed by atoms with Crippen molar-refractivity contribution in [3.8, 4) is 12.3 Å². The van der Waals surface area contributed by atoms with E-state index in [1.54, 1.807) is 0 Å². The van der Waals surface area contributed by atoms with E-state index in [0.717, 1.165) is 31.2 Å². The number of aliphatic hydroxyl groups excluding tert-OH is 1. The van der Waals surface area contributed by atoms with Crippen LogP contribution in [0.2, 0.25) is 5.02 Å². The normalized spacial score (nSPS) is 18.4. The summed E-state index contributed by atoms with van der Waals surface area (Å²) in [6.07, 6.45) is 5.15. The molecule has 0 aliphatic carbocycles. The number of terminal acetylenes is 1. The van der Waals surface area contributed by atoms with Crippen LogP contribution in [0.1, 0.15) is 23.6 Å². The Balaban J connectivity index is 1.80. The zero-order valence-electron chi connectivity index (χ0n) is 14.2. The van der Waals surface area contributed by atoms with E-state index in [2.05, 4.69) is 52.1 Å². The van der Waals surface area contributed by atoms with Crippen molar-refractivity contribution < 1.29 is 5.11 Å². The molecule has 0 saturated carbocycles. The average molecular weight is 355 g/mol. The second-order valence-corrected chi connectivity index (χ2v) is 6.76. The van der Waals surface area contributed by atoms with Gasteiger partial charge in [0.15, 0.2) is 0 Å². The van der Waals surface area contributed by atoms with Crippen molar-refractivity contribution in [1.82, 2.24) is 9.80 Å². The molecule has 3 rings (SSSR count). The van der Waals surface area contributed by atoms with E-state index >= 15 is 0 Å². The zero-order chi connectivity index (χ0) is 17.6. The van der Waals surface area contributed by atoms with E-state index in [9.17, 15) is 5.11 Å². The maximum atomic E-state index is 10.1. The third kappa shape index (κ3) is 4.42. The molecular formula is C21H23ClN2O. The molecule has 25 heavy (non-hydrogen) atoms. The molecular weight excluding hydrogens is 332 g/mol. The first-order valence-corrected chi connectivity index (χ1v) is 8.97. The maximum absolute atomic E-state index is 10.1. The molecule has 1 heterocycles. The molecule has 1 fully saturated rings. The van der Waals surface area contributed by atoms with Gasteiger partial charge in [-0.15, -0.1) is 12.3 Å². The Morgan fingerprint density at radius 1 is 0.920 bits per heavy atom. The summed E-state index contributed by atoms with van der Waals surface area (Å²) < 4.78 is 0. The fraction of sp³-hybridized carbons (Fsp3) is 0.333. The van der Waals surface area contributed by atoms with Gasteiger partial charge in [-0.05, 0) is 23.3 Å². The van der Waals surface area contributed by atoms with Crippen molar-refractivity contribution >= 4 is 11.6 Å². The Kier molecular flexibility index (Phi) is 6.12. The van der Waals surface area contributed by atoms with Gasteiger partial charge >= 0.3 is 0 Å². The predicted octanol–water partition coefficient (Wildman–Crippen LogP) is 3.39. The summed E-state index contributed by atoms with van der Waals surface area (Å²) in [6, 6.07) is 18.8. The Labute approximate surface area is 154 Å². The molecule has 0 spiro atoms. The maximum Gasteiger partial charge on any atom is 0.118 e. The largest absolute Gasteiger partial charge is 0.377 e. The summed E-state index contributed by atoms with van der Waals surface area (Å²) in [4.78, 5) is 4.51. The van der Waals surface area contributed by atoms with Crippen molar-refractivity contribution in [2.24, 2.45) is 0 Å². The number of hydrogen-bond acceptors (Lipinski definition) is 3. The quantitative estimate of drug-likeness (QED) is 0.834. The Morgan fingerprint density at radius 3 is 2.08 bits per heavy atom. The van der Waals surface area contributed by atoms with Crippen LogP contribution in [-0.2, 0) is 0 Å². The predicted molar refractivity (Wildman–Crippen MR) is 102 cm³/mol. The second kappa shape index (κ2) is 8.51. The number of rotatable bonds is 5. The molecule has 0 radical (unpaired) electrons. The highest BCUT2D eigenvalue weighted by atomic mass is 35.5. The van der Waals surface area contributed by atoms with Crippen molar-refractivity contribution in [2.75, 3.05) is 26.2 Å². The van der Waals surface area contributed by atoms with Gasteiger partial charge in [0, 0.05) is 37.6 Å². The molecule has 3 nitrogen and oxygen atoms in total. The van der Waals surface area contributed by atoms with E-state index in [4.69, 9.17) is 18.0 Å². The minimum Gasteiger partial charge on any atom is -0.377 e. The molecule has 0 aromatic heterocycles. The highest BCUT2D eigenvalue weighted by Gasteiger charge is 2.28. The Hall–Kier alpha value is -1.83. The molecule has 130 valence electrons. The van der Waals surface area contributed by atoms with Crippen LogP contribution < -0.4 is 0 Å². The van der Waals surface area contributed by atoms with E-state index in [0.29, 0.717) is 6.42 Å². The van der Waals surface area contributed by atoms with Crippen LogP contribution in [0.3, 0.4) is 0 Å². The standard InChI is InChI=1S/C21H23ClN2O/c1-2-6-20(25)23-13-15-24(16-14-23)21(17-7-4-3-5-8-17)18-9-11-19(22)12-10-18/h1,3-5,7-12,20-21,25H,6,13-16H2. The highest BCUT2D eigenvalue weighted by Crippen LogP contribution is 2.30. The molecule has 1 saturated heterocycles. The summed E-state index contributed by atoms with van der Waals surface area (Å²) in [5.41, 5.74) is 2.50. The number of piperazine rings is 1. The molecule has 0 amide bonds. The van der Waals surface area contributed by atoms with E-state index in [1.807, 2.05) is 18.2 Å². The van der Waals surface area contributed by atoms with Gasteiger partial charge in [-0.25, -0.2) is 0 Å². The zero-order valence-corrected chi connectivity index (χ0v) is 14.9. The fourth-order valence-electron chi connectivity index (χ4n) is 3.42. The number of benzene rings is 2. The lowest BCUT2D eigenvalue weighted by atomic mass is 9.96. The van der Waals surface area contributed by atoms with Crippen LogP contribution >= 0.6 is 11.6 Å².